The van der Waals surface area contributed by atoms with Crippen molar-refractivity contribution in [3.63, 3.8) is 0 Å². The number of aryl methyl sites for hydroxylation is 1. The van der Waals surface area contributed by atoms with Gasteiger partial charge >= 0.3 is 0 Å². The number of hydrogen-bond acceptors (Lipinski definition) is 6. The monoisotopic (exact) mass is 581 g/mol. The van der Waals surface area contributed by atoms with Crippen molar-refractivity contribution in [1.29, 1.82) is 0 Å². The van der Waals surface area contributed by atoms with Crippen LogP contribution < -0.4 is 19.1 Å². The van der Waals surface area contributed by atoms with Gasteiger partial charge in [0, 0.05) is 13.1 Å². The molecule has 3 aromatic carbocycles. The minimum atomic E-state index is -4.20. The van der Waals surface area contributed by atoms with E-state index in [4.69, 9.17) is 9.47 Å². The van der Waals surface area contributed by atoms with Crippen LogP contribution >= 0.6 is 0 Å². The number of ether oxygens (including phenoxy) is 2. The average Bonchev–Trinajstić information content (AvgIpc) is 2.97. The molecule has 0 aromatic heterocycles. The Labute approximate surface area is 243 Å². The van der Waals surface area contributed by atoms with Crippen LogP contribution in [0.1, 0.15) is 31.9 Å². The van der Waals surface area contributed by atoms with Gasteiger partial charge in [0.25, 0.3) is 10.0 Å². The van der Waals surface area contributed by atoms with Crippen molar-refractivity contribution < 1.29 is 27.5 Å². The summed E-state index contributed by atoms with van der Waals surface area (Å²) in [4.78, 5) is 28.6. The van der Waals surface area contributed by atoms with Gasteiger partial charge in [-0.1, -0.05) is 55.8 Å². The zero-order valence-electron chi connectivity index (χ0n) is 24.5. The van der Waals surface area contributed by atoms with Crippen LogP contribution in [0.4, 0.5) is 5.69 Å². The number of carbonyl (C=O) groups is 2. The van der Waals surface area contributed by atoms with Crippen molar-refractivity contribution in [2.75, 3.05) is 31.6 Å². The SMILES string of the molecule is COc1cccc(CN(C(=O)CN(c2ccccc2OC)S(=O)(=O)c2ccc(C)cc2)[C@H](C)C(=O)NCC(C)C)c1. The van der Waals surface area contributed by atoms with Crippen LogP contribution in [0.25, 0.3) is 0 Å². The van der Waals surface area contributed by atoms with E-state index in [1.165, 1.54) is 24.1 Å². The van der Waals surface area contributed by atoms with Crippen molar-refractivity contribution in [3.8, 4) is 11.5 Å². The van der Waals surface area contributed by atoms with Gasteiger partial charge in [-0.3, -0.25) is 13.9 Å². The summed E-state index contributed by atoms with van der Waals surface area (Å²) < 4.78 is 39.8. The predicted octanol–water partition coefficient (Wildman–Crippen LogP) is 4.40. The van der Waals surface area contributed by atoms with Crippen molar-refractivity contribution >= 4 is 27.5 Å². The Kier molecular flexibility index (Phi) is 10.8. The summed E-state index contributed by atoms with van der Waals surface area (Å²) in [7, 11) is -1.21. The summed E-state index contributed by atoms with van der Waals surface area (Å²) in [5.74, 6) is 0.221. The molecule has 0 saturated heterocycles. The van der Waals surface area contributed by atoms with Gasteiger partial charge in [0.15, 0.2) is 0 Å². The van der Waals surface area contributed by atoms with Crippen molar-refractivity contribution in [2.45, 2.75) is 45.2 Å². The number of benzene rings is 3. The summed E-state index contributed by atoms with van der Waals surface area (Å²) in [5.41, 5.74) is 1.84. The second-order valence-corrected chi connectivity index (χ2v) is 12.0. The van der Waals surface area contributed by atoms with Crippen LogP contribution in [0.2, 0.25) is 0 Å². The lowest BCUT2D eigenvalue weighted by Crippen LogP contribution is -2.51. The molecular formula is C31H39N3O6S. The number of amides is 2. The Bertz CT molecular complexity index is 1440. The maximum atomic E-state index is 14.1. The third kappa shape index (κ3) is 8.00. The Hall–Kier alpha value is -4.05. The van der Waals surface area contributed by atoms with Crippen LogP contribution in [-0.4, -0.2) is 58.5 Å². The standard InChI is InChI=1S/C31H39N3O6S/c1-22(2)19-32-31(36)24(4)33(20-25-10-9-11-26(18-25)39-5)30(35)21-34(28-12-7-8-13-29(28)40-6)41(37,38)27-16-14-23(3)15-17-27/h7-18,22,24H,19-21H2,1-6H3,(H,32,36)/t24-/m1/s1. The van der Waals surface area contributed by atoms with Gasteiger partial charge in [0.1, 0.15) is 24.1 Å². The van der Waals surface area contributed by atoms with E-state index in [1.807, 2.05) is 26.8 Å². The van der Waals surface area contributed by atoms with E-state index in [1.54, 1.807) is 68.6 Å². The van der Waals surface area contributed by atoms with E-state index in [0.717, 1.165) is 15.4 Å². The minimum Gasteiger partial charge on any atom is -0.497 e. The van der Waals surface area contributed by atoms with Crippen LogP contribution in [0.15, 0.2) is 77.7 Å². The van der Waals surface area contributed by atoms with Gasteiger partial charge in [-0.05, 0) is 61.7 Å². The average molecular weight is 582 g/mol. The Morgan fingerprint density at radius 2 is 1.59 bits per heavy atom. The maximum Gasteiger partial charge on any atom is 0.264 e. The lowest BCUT2D eigenvalue weighted by molar-refractivity contribution is -0.139. The van der Waals surface area contributed by atoms with Gasteiger partial charge in [0.05, 0.1) is 24.8 Å². The fraction of sp³-hybridized carbons (Fsp3) is 0.355. The molecule has 0 saturated carbocycles. The van der Waals surface area contributed by atoms with Crippen molar-refractivity contribution in [1.82, 2.24) is 10.2 Å². The molecule has 3 rings (SSSR count). The first-order valence-electron chi connectivity index (χ1n) is 13.4. The number of para-hydroxylation sites is 2. The lowest BCUT2D eigenvalue weighted by Gasteiger charge is -2.32. The van der Waals surface area contributed by atoms with E-state index < -0.39 is 28.5 Å². The molecular weight excluding hydrogens is 542 g/mol. The first-order chi connectivity index (χ1) is 19.5. The molecule has 41 heavy (non-hydrogen) atoms. The largest absolute Gasteiger partial charge is 0.497 e. The molecule has 0 unspecified atom stereocenters. The zero-order valence-corrected chi connectivity index (χ0v) is 25.3. The molecule has 0 fully saturated rings. The van der Waals surface area contributed by atoms with Crippen LogP contribution in [0.3, 0.4) is 0 Å². The molecule has 10 heteroatoms. The van der Waals surface area contributed by atoms with Gasteiger partial charge in [0.2, 0.25) is 11.8 Å². The first kappa shape index (κ1) is 31.5. The summed E-state index contributed by atoms with van der Waals surface area (Å²) in [6, 6.07) is 19.3. The summed E-state index contributed by atoms with van der Waals surface area (Å²) in [5, 5.41) is 2.88. The normalized spacial score (nSPS) is 12.0. The van der Waals surface area contributed by atoms with Gasteiger partial charge in [-0.15, -0.1) is 0 Å². The van der Waals surface area contributed by atoms with Gasteiger partial charge in [-0.2, -0.15) is 0 Å². The van der Waals surface area contributed by atoms with Gasteiger partial charge in [-0.25, -0.2) is 8.42 Å². The molecule has 1 N–H and O–H groups in total. The maximum absolute atomic E-state index is 14.1. The van der Waals surface area contributed by atoms with E-state index in [-0.39, 0.29) is 34.7 Å². The molecule has 220 valence electrons. The summed E-state index contributed by atoms with van der Waals surface area (Å²) in [6.07, 6.45) is 0. The smallest absolute Gasteiger partial charge is 0.264 e. The number of sulfonamides is 1. The van der Waals surface area contributed by atoms with Gasteiger partial charge < -0.3 is 19.7 Å². The van der Waals surface area contributed by atoms with E-state index >= 15 is 0 Å². The molecule has 1 atom stereocenters. The number of nitrogens with one attached hydrogen (secondary N) is 1. The quantitative estimate of drug-likeness (QED) is 0.321. The molecule has 0 spiro atoms. The Morgan fingerprint density at radius 1 is 0.902 bits per heavy atom. The lowest BCUT2D eigenvalue weighted by atomic mass is 10.1. The zero-order chi connectivity index (χ0) is 30.2. The van der Waals surface area contributed by atoms with Crippen molar-refractivity contribution in [2.24, 2.45) is 5.92 Å². The highest BCUT2D eigenvalue weighted by Crippen LogP contribution is 2.32. The highest BCUT2D eigenvalue weighted by atomic mass is 32.2. The molecule has 0 radical (unpaired) electrons. The topological polar surface area (TPSA) is 105 Å². The molecule has 0 aliphatic rings. The van der Waals surface area contributed by atoms with Crippen molar-refractivity contribution in [3.05, 3.63) is 83.9 Å². The number of methoxy groups -OCH3 is 2. The fourth-order valence-corrected chi connectivity index (χ4v) is 5.61. The fourth-order valence-electron chi connectivity index (χ4n) is 4.19. The second-order valence-electron chi connectivity index (χ2n) is 10.2. The molecule has 0 aliphatic heterocycles. The molecule has 0 bridgehead atoms. The second kappa shape index (κ2) is 14.0. The predicted molar refractivity (Wildman–Crippen MR) is 160 cm³/mol. The van der Waals surface area contributed by atoms with Crippen LogP contribution in [-0.2, 0) is 26.2 Å². The highest BCUT2D eigenvalue weighted by molar-refractivity contribution is 7.92. The number of carbonyl (C=O) groups excluding carboxylic acids is 2. The third-order valence-corrected chi connectivity index (χ3v) is 8.35. The van der Waals surface area contributed by atoms with E-state index in [2.05, 4.69) is 5.32 Å². The Balaban J connectivity index is 2.06. The van der Waals surface area contributed by atoms with Crippen LogP contribution in [0, 0.1) is 12.8 Å². The first-order valence-corrected chi connectivity index (χ1v) is 14.8. The molecule has 9 nitrogen and oxygen atoms in total. The highest BCUT2D eigenvalue weighted by Gasteiger charge is 2.33. The minimum absolute atomic E-state index is 0.0314. The summed E-state index contributed by atoms with van der Waals surface area (Å²) >= 11 is 0. The molecule has 0 aliphatic carbocycles. The number of nitrogens with zero attached hydrogens (tertiary/aromatic N) is 2. The number of hydrogen-bond donors (Lipinski definition) is 1. The number of rotatable bonds is 13. The molecule has 3 aromatic rings. The van der Waals surface area contributed by atoms with Crippen LogP contribution in [0.5, 0.6) is 11.5 Å². The Morgan fingerprint density at radius 3 is 2.22 bits per heavy atom. The third-order valence-electron chi connectivity index (χ3n) is 6.58. The molecule has 0 heterocycles. The number of anilines is 1. The molecule has 2 amide bonds. The van der Waals surface area contributed by atoms with E-state index in [9.17, 15) is 18.0 Å². The summed E-state index contributed by atoms with van der Waals surface area (Å²) in [6.45, 7) is 7.41. The van der Waals surface area contributed by atoms with E-state index in [0.29, 0.717) is 12.3 Å².